The number of amides is 1. The molecule has 0 saturated heterocycles. The van der Waals surface area contributed by atoms with Gasteiger partial charge in [-0.3, -0.25) is 19.4 Å². The second-order valence-electron chi connectivity index (χ2n) is 8.58. The molecule has 3 aromatic heterocycles. The fourth-order valence-electron chi connectivity index (χ4n) is 3.85. The van der Waals surface area contributed by atoms with E-state index in [2.05, 4.69) is 17.2 Å². The third kappa shape index (κ3) is 6.07. The van der Waals surface area contributed by atoms with Crippen LogP contribution in [0.25, 0.3) is 16.7 Å². The van der Waals surface area contributed by atoms with Crippen LogP contribution in [0.4, 0.5) is 0 Å². The van der Waals surface area contributed by atoms with Gasteiger partial charge in [0.05, 0.1) is 17.1 Å². The maximum atomic E-state index is 13.2. The fraction of sp³-hybridized carbons (Fsp3) is 0.520. The van der Waals surface area contributed by atoms with E-state index in [9.17, 15) is 9.59 Å². The van der Waals surface area contributed by atoms with Gasteiger partial charge in [0.2, 0.25) is 0 Å². The quantitative estimate of drug-likeness (QED) is 0.323. The van der Waals surface area contributed by atoms with Crippen LogP contribution < -0.4 is 16.4 Å². The van der Waals surface area contributed by atoms with Crippen molar-refractivity contribution in [3.63, 3.8) is 0 Å². The number of aryl methyl sites for hydroxylation is 1. The van der Waals surface area contributed by atoms with Gasteiger partial charge in [0.1, 0.15) is 16.8 Å². The molecule has 0 aromatic carbocycles. The van der Waals surface area contributed by atoms with Gasteiger partial charge in [-0.2, -0.15) is 0 Å². The zero-order valence-corrected chi connectivity index (χ0v) is 19.9. The molecule has 0 spiro atoms. The molecule has 1 amide bonds. The number of hydrogen-bond acceptors (Lipinski definition) is 5. The van der Waals surface area contributed by atoms with Gasteiger partial charge in [-0.1, -0.05) is 38.7 Å². The highest BCUT2D eigenvalue weighted by Gasteiger charge is 2.17. The second-order valence-corrected chi connectivity index (χ2v) is 8.58. The minimum absolute atomic E-state index is 0.0581. The first-order valence-electron chi connectivity index (χ1n) is 11.9. The van der Waals surface area contributed by atoms with E-state index < -0.39 is 0 Å². The third-order valence-corrected chi connectivity index (χ3v) is 5.61. The van der Waals surface area contributed by atoms with Gasteiger partial charge < -0.3 is 14.6 Å². The summed E-state index contributed by atoms with van der Waals surface area (Å²) in [6, 6.07) is 6.86. The van der Waals surface area contributed by atoms with E-state index in [0.29, 0.717) is 42.8 Å². The second kappa shape index (κ2) is 11.7. The minimum atomic E-state index is -0.331. The Bertz CT molecular complexity index is 1210. The molecule has 3 aromatic rings. The molecular weight excluding hydrogens is 418 g/mol. The molecule has 3 heterocycles. The fourth-order valence-corrected chi connectivity index (χ4v) is 3.85. The number of nitrogens with zero attached hydrogens (tertiary/aromatic N) is 3. The van der Waals surface area contributed by atoms with E-state index in [1.807, 2.05) is 19.9 Å². The predicted molar refractivity (Wildman–Crippen MR) is 130 cm³/mol. The highest BCUT2D eigenvalue weighted by atomic mass is 16.5. The Labute approximate surface area is 194 Å². The van der Waals surface area contributed by atoms with Crippen LogP contribution in [-0.2, 0) is 11.3 Å². The van der Waals surface area contributed by atoms with Crippen molar-refractivity contribution in [2.75, 3.05) is 13.2 Å². The maximum absolute atomic E-state index is 13.2. The standard InChI is InChI=1S/C25H35N5O3/c1-4-5-6-7-9-13-27-24(31)19-17-20-23(28-21-12-8-10-14-29(21)25(20)32)30(22(19)26)15-11-16-33-18(2)3/h8,10,12,14,17-18,26H,4-7,9,11,13,15-16H2,1-3H3,(H,27,31). The molecule has 0 fully saturated rings. The smallest absolute Gasteiger partial charge is 0.267 e. The van der Waals surface area contributed by atoms with Gasteiger partial charge >= 0.3 is 0 Å². The van der Waals surface area contributed by atoms with Crippen molar-refractivity contribution in [1.29, 1.82) is 5.41 Å². The number of nitrogens with one attached hydrogen (secondary N) is 2. The lowest BCUT2D eigenvalue weighted by Crippen LogP contribution is -2.35. The van der Waals surface area contributed by atoms with Gasteiger partial charge in [0.15, 0.2) is 0 Å². The average molecular weight is 454 g/mol. The first-order valence-corrected chi connectivity index (χ1v) is 11.9. The van der Waals surface area contributed by atoms with Crippen LogP contribution in [0.5, 0.6) is 0 Å². The van der Waals surface area contributed by atoms with Crippen LogP contribution >= 0.6 is 0 Å². The van der Waals surface area contributed by atoms with E-state index in [-0.39, 0.29) is 28.6 Å². The molecule has 0 aliphatic rings. The average Bonchev–Trinajstić information content (AvgIpc) is 2.80. The lowest BCUT2D eigenvalue weighted by atomic mass is 10.1. The zero-order chi connectivity index (χ0) is 23.8. The molecule has 0 atom stereocenters. The molecule has 0 unspecified atom stereocenters. The Morgan fingerprint density at radius 3 is 2.73 bits per heavy atom. The highest BCUT2D eigenvalue weighted by Crippen LogP contribution is 2.11. The number of ether oxygens (including phenoxy) is 1. The number of unbranched alkanes of at least 4 members (excludes halogenated alkanes) is 4. The Hall–Kier alpha value is -3.00. The summed E-state index contributed by atoms with van der Waals surface area (Å²) in [5.41, 5.74) is 0.914. The van der Waals surface area contributed by atoms with Crippen LogP contribution in [-0.4, -0.2) is 39.1 Å². The van der Waals surface area contributed by atoms with E-state index in [1.165, 1.54) is 23.3 Å². The molecule has 0 radical (unpaired) electrons. The van der Waals surface area contributed by atoms with E-state index in [4.69, 9.17) is 10.1 Å². The SMILES string of the molecule is CCCCCCCNC(=O)c1cc2c(=O)n3ccccc3nc2n(CCCOC(C)C)c1=N. The molecule has 0 aliphatic heterocycles. The van der Waals surface area contributed by atoms with Crippen molar-refractivity contribution in [1.82, 2.24) is 19.3 Å². The van der Waals surface area contributed by atoms with Gasteiger partial charge in [-0.05, 0) is 44.9 Å². The lowest BCUT2D eigenvalue weighted by Gasteiger charge is -2.15. The van der Waals surface area contributed by atoms with Crippen LogP contribution in [0, 0.1) is 5.41 Å². The summed E-state index contributed by atoms with van der Waals surface area (Å²) in [6.45, 7) is 7.61. The van der Waals surface area contributed by atoms with E-state index in [0.717, 1.165) is 19.3 Å². The highest BCUT2D eigenvalue weighted by molar-refractivity contribution is 5.96. The largest absolute Gasteiger partial charge is 0.379 e. The third-order valence-electron chi connectivity index (χ3n) is 5.61. The Kier molecular flexibility index (Phi) is 8.77. The monoisotopic (exact) mass is 453 g/mol. The summed E-state index contributed by atoms with van der Waals surface area (Å²) < 4.78 is 8.76. The number of rotatable bonds is 12. The molecule has 8 nitrogen and oxygen atoms in total. The van der Waals surface area contributed by atoms with Crippen LogP contribution in [0.3, 0.4) is 0 Å². The Balaban J connectivity index is 1.96. The molecule has 0 saturated carbocycles. The van der Waals surface area contributed by atoms with Crippen LogP contribution in [0.15, 0.2) is 35.3 Å². The van der Waals surface area contributed by atoms with Crippen LogP contribution in [0.1, 0.15) is 69.7 Å². The molecule has 8 heteroatoms. The topological polar surface area (TPSA) is 101 Å². The van der Waals surface area contributed by atoms with Crippen LogP contribution in [0.2, 0.25) is 0 Å². The van der Waals surface area contributed by atoms with E-state index in [1.54, 1.807) is 22.9 Å². The first kappa shape index (κ1) is 24.6. The summed E-state index contributed by atoms with van der Waals surface area (Å²) in [5, 5.41) is 12.0. The number of pyridine rings is 2. The molecule has 2 N–H and O–H groups in total. The molecule has 3 rings (SSSR count). The molecule has 33 heavy (non-hydrogen) atoms. The van der Waals surface area contributed by atoms with Crippen molar-refractivity contribution in [2.24, 2.45) is 0 Å². The van der Waals surface area contributed by atoms with Gasteiger partial charge in [0.25, 0.3) is 11.5 Å². The summed E-state index contributed by atoms with van der Waals surface area (Å²) in [4.78, 5) is 30.8. The first-order chi connectivity index (χ1) is 15.9. The van der Waals surface area contributed by atoms with Crippen molar-refractivity contribution in [3.8, 4) is 0 Å². The van der Waals surface area contributed by atoms with Gasteiger partial charge in [0, 0.05) is 25.9 Å². The summed E-state index contributed by atoms with van der Waals surface area (Å²) in [7, 11) is 0. The molecular formula is C25H35N5O3. The van der Waals surface area contributed by atoms with Gasteiger partial charge in [-0.25, -0.2) is 4.98 Å². The van der Waals surface area contributed by atoms with E-state index >= 15 is 0 Å². The van der Waals surface area contributed by atoms with Crippen molar-refractivity contribution in [3.05, 3.63) is 51.9 Å². The van der Waals surface area contributed by atoms with Crippen molar-refractivity contribution >= 4 is 22.6 Å². The number of carbonyl (C=O) groups is 1. The maximum Gasteiger partial charge on any atom is 0.267 e. The summed E-state index contributed by atoms with van der Waals surface area (Å²) >= 11 is 0. The zero-order valence-electron chi connectivity index (χ0n) is 19.9. The summed E-state index contributed by atoms with van der Waals surface area (Å²) in [6.07, 6.45) is 7.90. The molecule has 0 aliphatic carbocycles. The minimum Gasteiger partial charge on any atom is -0.379 e. The summed E-state index contributed by atoms with van der Waals surface area (Å²) in [5.74, 6) is -0.331. The molecule has 178 valence electrons. The number of hydrogen-bond donors (Lipinski definition) is 2. The normalized spacial score (nSPS) is 11.5. The number of fused-ring (bicyclic) bond motifs is 2. The van der Waals surface area contributed by atoms with Gasteiger partial charge in [-0.15, -0.1) is 0 Å². The number of carbonyl (C=O) groups excluding carboxylic acids is 1. The Morgan fingerprint density at radius 1 is 1.18 bits per heavy atom. The predicted octanol–water partition coefficient (Wildman–Crippen LogP) is 3.64. The Morgan fingerprint density at radius 2 is 1.97 bits per heavy atom. The van der Waals surface area contributed by atoms with Crippen molar-refractivity contribution in [2.45, 2.75) is 71.9 Å². The number of aromatic nitrogens is 3. The van der Waals surface area contributed by atoms with Crippen molar-refractivity contribution < 1.29 is 9.53 Å². The molecule has 0 bridgehead atoms. The lowest BCUT2D eigenvalue weighted by molar-refractivity contribution is 0.0748.